The van der Waals surface area contributed by atoms with E-state index >= 15 is 0 Å². The fourth-order valence-electron chi connectivity index (χ4n) is 2.11. The van der Waals surface area contributed by atoms with E-state index in [1.54, 1.807) is 31.3 Å². The van der Waals surface area contributed by atoms with Gasteiger partial charge in [-0.3, -0.25) is 4.79 Å². The molecular formula is C17H20N2O2. The van der Waals surface area contributed by atoms with Crippen LogP contribution in [0.25, 0.3) is 0 Å². The van der Waals surface area contributed by atoms with E-state index in [1.807, 2.05) is 26.0 Å². The summed E-state index contributed by atoms with van der Waals surface area (Å²) in [4.78, 5) is 18.1. The number of carbonyl (C=O) groups excluding carboxylic acids is 1. The lowest BCUT2D eigenvalue weighted by atomic mass is 10.0. The highest BCUT2D eigenvalue weighted by Gasteiger charge is 2.13. The summed E-state index contributed by atoms with van der Waals surface area (Å²) in [5.41, 5.74) is 4.12. The molecule has 110 valence electrons. The quantitative estimate of drug-likeness (QED) is 0.867. The minimum atomic E-state index is 0.0377. The molecule has 0 unspecified atom stereocenters. The van der Waals surface area contributed by atoms with Crippen molar-refractivity contribution >= 4 is 11.6 Å². The number of hydrogen-bond donors (Lipinski definition) is 0. The number of likely N-dealkylation sites (N-methyl/N-ethyl adjacent to an activating group) is 1. The first-order chi connectivity index (χ1) is 10.0. The lowest BCUT2D eigenvalue weighted by Crippen LogP contribution is -2.28. The SMILES string of the molecule is COc1ccc(N(C)C(=O)Cc2cc(C)ccc2C)cn1. The van der Waals surface area contributed by atoms with Crippen LogP contribution in [-0.4, -0.2) is 25.0 Å². The molecule has 0 spiro atoms. The highest BCUT2D eigenvalue weighted by atomic mass is 16.5. The van der Waals surface area contributed by atoms with Gasteiger partial charge in [0.25, 0.3) is 0 Å². The van der Waals surface area contributed by atoms with Gasteiger partial charge in [0, 0.05) is 13.1 Å². The number of methoxy groups -OCH3 is 1. The number of carbonyl (C=O) groups is 1. The van der Waals surface area contributed by atoms with Crippen LogP contribution < -0.4 is 9.64 Å². The third-order valence-corrected chi connectivity index (χ3v) is 3.54. The van der Waals surface area contributed by atoms with E-state index in [0.717, 1.165) is 22.4 Å². The molecule has 0 bridgehead atoms. The maximum absolute atomic E-state index is 12.4. The fourth-order valence-corrected chi connectivity index (χ4v) is 2.11. The van der Waals surface area contributed by atoms with Crippen LogP contribution in [0.5, 0.6) is 5.88 Å². The van der Waals surface area contributed by atoms with Gasteiger partial charge in [-0.25, -0.2) is 4.98 Å². The molecular weight excluding hydrogens is 264 g/mol. The van der Waals surface area contributed by atoms with Crippen molar-refractivity contribution in [3.8, 4) is 5.88 Å². The molecule has 21 heavy (non-hydrogen) atoms. The van der Waals surface area contributed by atoms with Crippen molar-refractivity contribution in [2.45, 2.75) is 20.3 Å². The summed E-state index contributed by atoms with van der Waals surface area (Å²) in [6.45, 7) is 4.06. The number of ether oxygens (including phenoxy) is 1. The zero-order valence-electron chi connectivity index (χ0n) is 12.9. The van der Waals surface area contributed by atoms with Crippen molar-refractivity contribution in [1.29, 1.82) is 0 Å². The molecule has 0 radical (unpaired) electrons. The summed E-state index contributed by atoms with van der Waals surface area (Å²) in [5, 5.41) is 0. The summed E-state index contributed by atoms with van der Waals surface area (Å²) in [6.07, 6.45) is 2.02. The highest BCUT2D eigenvalue weighted by molar-refractivity contribution is 5.94. The van der Waals surface area contributed by atoms with Crippen LogP contribution in [0.4, 0.5) is 5.69 Å². The standard InChI is InChI=1S/C17H20N2O2/c1-12-5-6-13(2)14(9-12)10-17(20)19(3)15-7-8-16(21-4)18-11-15/h5-9,11H,10H2,1-4H3. The van der Waals surface area contributed by atoms with Gasteiger partial charge in [-0.05, 0) is 31.0 Å². The van der Waals surface area contributed by atoms with Crippen LogP contribution in [0, 0.1) is 13.8 Å². The Labute approximate surface area is 125 Å². The first-order valence-electron chi connectivity index (χ1n) is 6.84. The third-order valence-electron chi connectivity index (χ3n) is 3.54. The molecule has 0 saturated heterocycles. The van der Waals surface area contributed by atoms with Crippen LogP contribution in [-0.2, 0) is 11.2 Å². The van der Waals surface area contributed by atoms with E-state index in [1.165, 1.54) is 0 Å². The predicted molar refractivity (Wildman–Crippen MR) is 83.8 cm³/mol. The molecule has 4 nitrogen and oxygen atoms in total. The summed E-state index contributed by atoms with van der Waals surface area (Å²) in [5.74, 6) is 0.574. The van der Waals surface area contributed by atoms with E-state index in [9.17, 15) is 4.79 Å². The van der Waals surface area contributed by atoms with Crippen molar-refractivity contribution < 1.29 is 9.53 Å². The topological polar surface area (TPSA) is 42.4 Å². The average Bonchev–Trinajstić information content (AvgIpc) is 2.50. The van der Waals surface area contributed by atoms with Gasteiger partial charge in [-0.15, -0.1) is 0 Å². The molecule has 4 heteroatoms. The van der Waals surface area contributed by atoms with Gasteiger partial charge >= 0.3 is 0 Å². The van der Waals surface area contributed by atoms with Gasteiger partial charge < -0.3 is 9.64 Å². The van der Waals surface area contributed by atoms with Crippen LogP contribution in [0.2, 0.25) is 0 Å². The first kappa shape index (κ1) is 15.0. The monoisotopic (exact) mass is 284 g/mol. The zero-order chi connectivity index (χ0) is 15.4. The Kier molecular flexibility index (Phi) is 4.58. The number of pyridine rings is 1. The molecule has 0 aliphatic heterocycles. The second-order valence-electron chi connectivity index (χ2n) is 5.12. The molecule has 1 heterocycles. The fraction of sp³-hybridized carbons (Fsp3) is 0.294. The molecule has 2 aromatic rings. The summed E-state index contributed by atoms with van der Waals surface area (Å²) < 4.78 is 5.02. The van der Waals surface area contributed by atoms with Gasteiger partial charge in [-0.1, -0.05) is 23.8 Å². The van der Waals surface area contributed by atoms with Gasteiger partial charge in [0.1, 0.15) is 0 Å². The lowest BCUT2D eigenvalue weighted by molar-refractivity contribution is -0.117. The number of amides is 1. The van der Waals surface area contributed by atoms with Crippen molar-refractivity contribution in [1.82, 2.24) is 4.98 Å². The Morgan fingerprint density at radius 3 is 2.62 bits per heavy atom. The first-order valence-corrected chi connectivity index (χ1v) is 6.84. The third kappa shape index (κ3) is 3.60. The molecule has 0 N–H and O–H groups in total. The van der Waals surface area contributed by atoms with Gasteiger partial charge in [0.15, 0.2) is 0 Å². The van der Waals surface area contributed by atoms with Crippen molar-refractivity contribution in [2.75, 3.05) is 19.1 Å². The summed E-state index contributed by atoms with van der Waals surface area (Å²) in [6, 6.07) is 9.74. The van der Waals surface area contributed by atoms with Gasteiger partial charge in [0.2, 0.25) is 11.8 Å². The maximum Gasteiger partial charge on any atom is 0.231 e. The van der Waals surface area contributed by atoms with Gasteiger partial charge in [0.05, 0.1) is 25.4 Å². The second-order valence-corrected chi connectivity index (χ2v) is 5.12. The van der Waals surface area contributed by atoms with Crippen molar-refractivity contribution in [3.63, 3.8) is 0 Å². The maximum atomic E-state index is 12.4. The molecule has 0 atom stereocenters. The smallest absolute Gasteiger partial charge is 0.231 e. The Bertz CT molecular complexity index is 636. The molecule has 2 rings (SSSR count). The van der Waals surface area contributed by atoms with Crippen molar-refractivity contribution in [3.05, 3.63) is 53.2 Å². The number of hydrogen-bond acceptors (Lipinski definition) is 3. The van der Waals surface area contributed by atoms with Crippen LogP contribution in [0.15, 0.2) is 36.5 Å². The van der Waals surface area contributed by atoms with Crippen LogP contribution in [0.1, 0.15) is 16.7 Å². The predicted octanol–water partition coefficient (Wildman–Crippen LogP) is 2.91. The molecule has 0 saturated carbocycles. The number of anilines is 1. The van der Waals surface area contributed by atoms with Crippen LogP contribution in [0.3, 0.4) is 0 Å². The van der Waals surface area contributed by atoms with E-state index in [-0.39, 0.29) is 5.91 Å². The lowest BCUT2D eigenvalue weighted by Gasteiger charge is -2.18. The van der Waals surface area contributed by atoms with E-state index in [2.05, 4.69) is 17.1 Å². The summed E-state index contributed by atoms with van der Waals surface area (Å²) >= 11 is 0. The number of nitrogens with zero attached hydrogens (tertiary/aromatic N) is 2. The number of aryl methyl sites for hydroxylation is 2. The summed E-state index contributed by atoms with van der Waals surface area (Å²) in [7, 11) is 3.33. The van der Waals surface area contributed by atoms with E-state index in [4.69, 9.17) is 4.74 Å². The number of aromatic nitrogens is 1. The number of rotatable bonds is 4. The molecule has 0 aliphatic rings. The number of benzene rings is 1. The van der Waals surface area contributed by atoms with Crippen molar-refractivity contribution in [2.24, 2.45) is 0 Å². The molecule has 0 aliphatic carbocycles. The average molecular weight is 284 g/mol. The van der Waals surface area contributed by atoms with E-state index in [0.29, 0.717) is 12.3 Å². The Hall–Kier alpha value is -2.36. The zero-order valence-corrected chi connectivity index (χ0v) is 12.9. The normalized spacial score (nSPS) is 10.3. The van der Waals surface area contributed by atoms with Gasteiger partial charge in [-0.2, -0.15) is 0 Å². The Morgan fingerprint density at radius 2 is 2.00 bits per heavy atom. The van der Waals surface area contributed by atoms with Crippen LogP contribution >= 0.6 is 0 Å². The molecule has 1 aromatic carbocycles. The Morgan fingerprint density at radius 1 is 1.24 bits per heavy atom. The Balaban J connectivity index is 2.13. The molecule has 0 fully saturated rings. The second kappa shape index (κ2) is 6.39. The molecule has 1 amide bonds. The minimum Gasteiger partial charge on any atom is -0.481 e. The molecule has 1 aromatic heterocycles. The largest absolute Gasteiger partial charge is 0.481 e. The minimum absolute atomic E-state index is 0.0377. The highest BCUT2D eigenvalue weighted by Crippen LogP contribution is 2.17. The van der Waals surface area contributed by atoms with E-state index < -0.39 is 0 Å².